The predicted octanol–water partition coefficient (Wildman–Crippen LogP) is 3.39. The lowest BCUT2D eigenvalue weighted by molar-refractivity contribution is -0.123. The largest absolute Gasteiger partial charge is 0.352 e. The van der Waals surface area contributed by atoms with E-state index in [0.717, 1.165) is 32.4 Å². The van der Waals surface area contributed by atoms with E-state index in [1.54, 1.807) is 0 Å². The molecule has 0 aromatic heterocycles. The summed E-state index contributed by atoms with van der Waals surface area (Å²) in [6.45, 7) is 3.28. The molecule has 2 fully saturated rings. The van der Waals surface area contributed by atoms with Crippen molar-refractivity contribution >= 4 is 5.91 Å². The van der Waals surface area contributed by atoms with E-state index >= 15 is 0 Å². The van der Waals surface area contributed by atoms with Crippen molar-refractivity contribution in [2.75, 3.05) is 19.6 Å². The maximum atomic E-state index is 12.2. The average molecular weight is 314 g/mol. The number of likely N-dealkylation sites (tertiary alicyclic amines) is 1. The fourth-order valence-corrected chi connectivity index (χ4v) is 4.07. The molecule has 0 bridgehead atoms. The van der Waals surface area contributed by atoms with Crippen molar-refractivity contribution < 1.29 is 4.79 Å². The van der Waals surface area contributed by atoms with Crippen LogP contribution in [0.2, 0.25) is 0 Å². The summed E-state index contributed by atoms with van der Waals surface area (Å²) in [5, 5.41) is 3.29. The second kappa shape index (κ2) is 8.49. The van der Waals surface area contributed by atoms with Gasteiger partial charge in [-0.05, 0) is 50.1 Å². The van der Waals surface area contributed by atoms with Crippen molar-refractivity contribution in [3.8, 4) is 0 Å². The number of hydrogen-bond acceptors (Lipinski definition) is 2. The van der Waals surface area contributed by atoms with Crippen molar-refractivity contribution in [2.24, 2.45) is 5.92 Å². The first kappa shape index (κ1) is 16.5. The van der Waals surface area contributed by atoms with Crippen LogP contribution in [0, 0.1) is 5.92 Å². The van der Waals surface area contributed by atoms with Crippen LogP contribution in [0.3, 0.4) is 0 Å². The Balaban J connectivity index is 1.39. The van der Waals surface area contributed by atoms with Crippen LogP contribution in [0.4, 0.5) is 0 Å². The lowest BCUT2D eigenvalue weighted by Crippen LogP contribution is -2.48. The minimum absolute atomic E-state index is 0.284. The Morgan fingerprint density at radius 3 is 2.65 bits per heavy atom. The Hall–Kier alpha value is -1.35. The Morgan fingerprint density at radius 2 is 1.87 bits per heavy atom. The highest BCUT2D eigenvalue weighted by atomic mass is 16.1. The van der Waals surface area contributed by atoms with Gasteiger partial charge in [0, 0.05) is 25.6 Å². The van der Waals surface area contributed by atoms with Crippen molar-refractivity contribution in [1.82, 2.24) is 10.2 Å². The first-order valence-corrected chi connectivity index (χ1v) is 9.35. The number of rotatable bonds is 6. The smallest absolute Gasteiger partial charge is 0.220 e. The average Bonchev–Trinajstić information content (AvgIpc) is 3.07. The van der Waals surface area contributed by atoms with Gasteiger partial charge in [-0.25, -0.2) is 0 Å². The standard InChI is InChI=1S/C20H30N2O/c23-20(15-18-9-4-5-10-18)21-19-11-6-13-22(16-19)14-12-17-7-2-1-3-8-17/h1-3,7-8,18-19H,4-6,9-16H2,(H,21,23). The second-order valence-electron chi connectivity index (χ2n) is 7.30. The number of nitrogens with one attached hydrogen (secondary N) is 1. The molecule has 1 aliphatic carbocycles. The van der Waals surface area contributed by atoms with E-state index in [0.29, 0.717) is 12.0 Å². The fourth-order valence-electron chi connectivity index (χ4n) is 4.07. The first-order valence-electron chi connectivity index (χ1n) is 9.35. The topological polar surface area (TPSA) is 32.3 Å². The summed E-state index contributed by atoms with van der Waals surface area (Å²) < 4.78 is 0. The molecule has 126 valence electrons. The zero-order chi connectivity index (χ0) is 15.9. The minimum atomic E-state index is 0.284. The van der Waals surface area contributed by atoms with E-state index < -0.39 is 0 Å². The number of carbonyl (C=O) groups is 1. The lowest BCUT2D eigenvalue weighted by Gasteiger charge is -2.33. The van der Waals surface area contributed by atoms with Gasteiger partial charge < -0.3 is 10.2 Å². The molecule has 1 N–H and O–H groups in total. The van der Waals surface area contributed by atoms with Crippen molar-refractivity contribution in [3.63, 3.8) is 0 Å². The third-order valence-corrected chi connectivity index (χ3v) is 5.38. The van der Waals surface area contributed by atoms with E-state index in [9.17, 15) is 4.79 Å². The van der Waals surface area contributed by atoms with Crippen LogP contribution in [0.1, 0.15) is 50.5 Å². The summed E-state index contributed by atoms with van der Waals surface area (Å²) in [6.07, 6.45) is 9.32. The van der Waals surface area contributed by atoms with Crippen molar-refractivity contribution in [3.05, 3.63) is 35.9 Å². The quantitative estimate of drug-likeness (QED) is 0.873. The molecular formula is C20H30N2O. The van der Waals surface area contributed by atoms with E-state index in [4.69, 9.17) is 0 Å². The van der Waals surface area contributed by atoms with Gasteiger partial charge in [0.2, 0.25) is 5.91 Å². The molecule has 3 nitrogen and oxygen atoms in total. The minimum Gasteiger partial charge on any atom is -0.352 e. The van der Waals surface area contributed by atoms with Gasteiger partial charge in [0.05, 0.1) is 0 Å². The molecule has 3 rings (SSSR count). The highest BCUT2D eigenvalue weighted by Gasteiger charge is 2.23. The van der Waals surface area contributed by atoms with E-state index in [1.165, 1.54) is 44.2 Å². The highest BCUT2D eigenvalue weighted by molar-refractivity contribution is 5.76. The third kappa shape index (κ3) is 5.35. The SMILES string of the molecule is O=C(CC1CCCC1)NC1CCCN(CCc2ccccc2)C1. The number of hydrogen-bond donors (Lipinski definition) is 1. The second-order valence-corrected chi connectivity index (χ2v) is 7.30. The van der Waals surface area contributed by atoms with Gasteiger partial charge in [0.25, 0.3) is 0 Å². The van der Waals surface area contributed by atoms with Crippen molar-refractivity contribution in [2.45, 2.75) is 57.4 Å². The van der Waals surface area contributed by atoms with Crippen molar-refractivity contribution in [1.29, 1.82) is 0 Å². The first-order chi connectivity index (χ1) is 11.3. The number of carbonyl (C=O) groups excluding carboxylic acids is 1. The molecule has 1 saturated heterocycles. The number of nitrogens with zero attached hydrogens (tertiary/aromatic N) is 1. The molecule has 1 unspecified atom stereocenters. The van der Waals surface area contributed by atoms with Gasteiger partial charge in [-0.15, -0.1) is 0 Å². The summed E-state index contributed by atoms with van der Waals surface area (Å²) in [5.41, 5.74) is 1.40. The van der Waals surface area contributed by atoms with E-state index in [1.807, 2.05) is 0 Å². The molecule has 1 aromatic carbocycles. The van der Waals surface area contributed by atoms with Gasteiger partial charge in [-0.2, -0.15) is 0 Å². The molecule has 1 amide bonds. The third-order valence-electron chi connectivity index (χ3n) is 5.38. The van der Waals surface area contributed by atoms with Gasteiger partial charge in [-0.1, -0.05) is 43.2 Å². The summed E-state index contributed by atoms with van der Waals surface area (Å²) >= 11 is 0. The molecule has 1 saturated carbocycles. The molecule has 1 atom stereocenters. The van der Waals surface area contributed by atoms with Gasteiger partial charge in [-0.3, -0.25) is 4.79 Å². The van der Waals surface area contributed by atoms with Crippen LogP contribution in [0.5, 0.6) is 0 Å². The van der Waals surface area contributed by atoms with Crippen LogP contribution >= 0.6 is 0 Å². The summed E-state index contributed by atoms with van der Waals surface area (Å²) in [5.74, 6) is 0.930. The van der Waals surface area contributed by atoms with Gasteiger partial charge in [0.15, 0.2) is 0 Å². The molecule has 23 heavy (non-hydrogen) atoms. The maximum Gasteiger partial charge on any atom is 0.220 e. The summed E-state index contributed by atoms with van der Waals surface area (Å²) in [6, 6.07) is 11.0. The summed E-state index contributed by atoms with van der Waals surface area (Å²) in [7, 11) is 0. The molecule has 0 spiro atoms. The zero-order valence-corrected chi connectivity index (χ0v) is 14.2. The highest BCUT2D eigenvalue weighted by Crippen LogP contribution is 2.27. The van der Waals surface area contributed by atoms with Crippen LogP contribution in [0.15, 0.2) is 30.3 Å². The summed E-state index contributed by atoms with van der Waals surface area (Å²) in [4.78, 5) is 14.7. The van der Waals surface area contributed by atoms with Crippen LogP contribution in [-0.2, 0) is 11.2 Å². The Kier molecular flexibility index (Phi) is 6.09. The predicted molar refractivity (Wildman–Crippen MR) is 94.3 cm³/mol. The van der Waals surface area contributed by atoms with Crippen LogP contribution < -0.4 is 5.32 Å². The Bertz CT molecular complexity index is 482. The lowest BCUT2D eigenvalue weighted by atomic mass is 10.0. The fraction of sp³-hybridized carbons (Fsp3) is 0.650. The Morgan fingerprint density at radius 1 is 1.09 bits per heavy atom. The molecule has 1 aliphatic heterocycles. The number of amides is 1. The molecule has 2 aliphatic rings. The van der Waals surface area contributed by atoms with Gasteiger partial charge >= 0.3 is 0 Å². The molecular weight excluding hydrogens is 284 g/mol. The molecule has 1 heterocycles. The van der Waals surface area contributed by atoms with Crippen LogP contribution in [-0.4, -0.2) is 36.5 Å². The molecule has 1 aromatic rings. The molecule has 3 heteroatoms. The molecule has 0 radical (unpaired) electrons. The van der Waals surface area contributed by atoms with E-state index in [2.05, 4.69) is 40.5 Å². The zero-order valence-electron chi connectivity index (χ0n) is 14.2. The number of benzene rings is 1. The normalized spacial score (nSPS) is 23.0. The monoisotopic (exact) mass is 314 g/mol. The van der Waals surface area contributed by atoms with Gasteiger partial charge in [0.1, 0.15) is 0 Å². The number of piperidine rings is 1. The van der Waals surface area contributed by atoms with Crippen LogP contribution in [0.25, 0.3) is 0 Å². The Labute approximate surface area is 140 Å². The maximum absolute atomic E-state index is 12.2. The van der Waals surface area contributed by atoms with E-state index in [-0.39, 0.29) is 5.91 Å².